The second-order valence-corrected chi connectivity index (χ2v) is 8.61. The summed E-state index contributed by atoms with van der Waals surface area (Å²) in [6.07, 6.45) is 3.90. The monoisotopic (exact) mass is 493 g/mol. The number of fused-ring (bicyclic) bond motifs is 1. The van der Waals surface area contributed by atoms with Crippen molar-refractivity contribution in [1.82, 2.24) is 9.88 Å². The molecular weight excluding hydrogens is 472 g/mol. The van der Waals surface area contributed by atoms with E-state index in [2.05, 4.69) is 4.98 Å². The van der Waals surface area contributed by atoms with Crippen LogP contribution in [-0.2, 0) is 4.79 Å². The summed E-state index contributed by atoms with van der Waals surface area (Å²) in [4.78, 5) is 17.9. The summed E-state index contributed by atoms with van der Waals surface area (Å²) in [7, 11) is 0. The van der Waals surface area contributed by atoms with Gasteiger partial charge < -0.3 is 24.9 Å². The summed E-state index contributed by atoms with van der Waals surface area (Å²) in [5.41, 5.74) is 8.53. The van der Waals surface area contributed by atoms with Crippen LogP contribution in [0, 0.1) is 5.82 Å². The van der Waals surface area contributed by atoms with Gasteiger partial charge in [-0.3, -0.25) is 4.79 Å². The summed E-state index contributed by atoms with van der Waals surface area (Å²) >= 11 is 12.3. The van der Waals surface area contributed by atoms with Crippen molar-refractivity contribution in [2.75, 3.05) is 18.8 Å². The van der Waals surface area contributed by atoms with Crippen molar-refractivity contribution in [1.29, 1.82) is 0 Å². The Bertz CT molecular complexity index is 1260. The van der Waals surface area contributed by atoms with Crippen molar-refractivity contribution < 1.29 is 23.4 Å². The molecule has 0 aliphatic carbocycles. The summed E-state index contributed by atoms with van der Waals surface area (Å²) in [6.45, 7) is 3.98. The number of hydrogen-bond acceptors (Lipinski definition) is 6. The molecular formula is C23H22Cl2FN3O4. The van der Waals surface area contributed by atoms with E-state index in [9.17, 15) is 14.3 Å². The van der Waals surface area contributed by atoms with Gasteiger partial charge in [-0.15, -0.1) is 0 Å². The number of pyridine rings is 1. The molecule has 3 N–H and O–H groups in total. The van der Waals surface area contributed by atoms with Gasteiger partial charge in [-0.1, -0.05) is 29.3 Å². The molecule has 3 heterocycles. The van der Waals surface area contributed by atoms with Gasteiger partial charge in [-0.25, -0.2) is 9.37 Å². The van der Waals surface area contributed by atoms with E-state index in [1.54, 1.807) is 24.3 Å². The van der Waals surface area contributed by atoms with Crippen molar-refractivity contribution in [2.24, 2.45) is 0 Å². The SMILES string of the molecule is CC(O)C(=O)N1CC=C(c2coc3c(O[C@H](C)c4c(Cl)ccc(F)c4Cl)c(N)ncc23)CC1. The number of aliphatic hydroxyl groups is 1. The highest BCUT2D eigenvalue weighted by Crippen LogP contribution is 2.41. The standard InChI is InChI=1S/C23H22Cl2FN3O4/c1-11(30)23(31)29-7-5-13(6-8-29)15-10-32-20-14(15)9-28-22(27)21(20)33-12(2)18-16(24)3-4-17(26)19(18)25/h3-5,9-12,30H,6-8H2,1-2H3,(H2,27,28)/t11?,12-/m1/s1. The van der Waals surface area contributed by atoms with Gasteiger partial charge in [0.05, 0.1) is 16.7 Å². The quantitative estimate of drug-likeness (QED) is 0.485. The fraction of sp³-hybridized carbons (Fsp3) is 0.304. The van der Waals surface area contributed by atoms with Gasteiger partial charge in [0, 0.05) is 35.4 Å². The highest BCUT2D eigenvalue weighted by molar-refractivity contribution is 6.36. The number of carbonyl (C=O) groups is 1. The number of benzene rings is 1. The van der Waals surface area contributed by atoms with Gasteiger partial charge >= 0.3 is 0 Å². The van der Waals surface area contributed by atoms with Crippen molar-refractivity contribution in [2.45, 2.75) is 32.5 Å². The van der Waals surface area contributed by atoms with Crippen LogP contribution in [0.4, 0.5) is 10.2 Å². The molecule has 2 aromatic heterocycles. The Morgan fingerprint density at radius 3 is 2.79 bits per heavy atom. The third kappa shape index (κ3) is 4.38. The first-order valence-corrected chi connectivity index (χ1v) is 11.1. The average Bonchev–Trinajstić information content (AvgIpc) is 3.22. The molecule has 0 bridgehead atoms. The predicted molar refractivity (Wildman–Crippen MR) is 125 cm³/mol. The molecule has 33 heavy (non-hydrogen) atoms. The third-order valence-corrected chi connectivity index (χ3v) is 6.32. The van der Waals surface area contributed by atoms with Crippen LogP contribution in [0.3, 0.4) is 0 Å². The van der Waals surface area contributed by atoms with Gasteiger partial charge in [0.1, 0.15) is 18.0 Å². The summed E-state index contributed by atoms with van der Waals surface area (Å²) in [5.74, 6) is -0.616. The number of furan rings is 1. The minimum Gasteiger partial charge on any atom is -0.478 e. The maximum Gasteiger partial charge on any atom is 0.251 e. The van der Waals surface area contributed by atoms with Crippen LogP contribution >= 0.6 is 23.2 Å². The molecule has 1 unspecified atom stereocenters. The van der Waals surface area contributed by atoms with Crippen LogP contribution in [-0.4, -0.2) is 40.1 Å². The second kappa shape index (κ2) is 9.21. The van der Waals surface area contributed by atoms with E-state index in [1.165, 1.54) is 19.1 Å². The number of aliphatic hydroxyl groups excluding tert-OH is 1. The molecule has 10 heteroatoms. The molecule has 0 spiro atoms. The van der Waals surface area contributed by atoms with Crippen LogP contribution in [0.5, 0.6) is 5.75 Å². The lowest BCUT2D eigenvalue weighted by Gasteiger charge is -2.27. The Hall–Kier alpha value is -2.81. The van der Waals surface area contributed by atoms with E-state index in [4.69, 9.17) is 38.1 Å². The molecule has 2 atom stereocenters. The van der Waals surface area contributed by atoms with Crippen molar-refractivity contribution >= 4 is 51.5 Å². The summed E-state index contributed by atoms with van der Waals surface area (Å²) in [5, 5.41) is 10.3. The van der Waals surface area contributed by atoms with Crippen LogP contribution < -0.4 is 10.5 Å². The van der Waals surface area contributed by atoms with Gasteiger partial charge in [0.15, 0.2) is 11.4 Å². The van der Waals surface area contributed by atoms with Gasteiger partial charge in [-0.05, 0) is 38.0 Å². The lowest BCUT2D eigenvalue weighted by atomic mass is 9.99. The number of nitrogens with two attached hydrogens (primary N) is 1. The number of rotatable bonds is 5. The number of amides is 1. The largest absolute Gasteiger partial charge is 0.478 e. The van der Waals surface area contributed by atoms with E-state index in [1.807, 2.05) is 6.08 Å². The Balaban J connectivity index is 1.66. The van der Waals surface area contributed by atoms with Gasteiger partial charge in [0.2, 0.25) is 5.75 Å². The maximum atomic E-state index is 14.0. The predicted octanol–water partition coefficient (Wildman–Crippen LogP) is 4.99. The molecule has 0 saturated heterocycles. The topological polar surface area (TPSA) is 102 Å². The van der Waals surface area contributed by atoms with Crippen molar-refractivity contribution in [3.05, 3.63) is 57.7 Å². The number of carbonyl (C=O) groups excluding carboxylic acids is 1. The van der Waals surface area contributed by atoms with Crippen LogP contribution in [0.15, 0.2) is 35.1 Å². The first-order chi connectivity index (χ1) is 15.7. The Morgan fingerprint density at radius 1 is 1.36 bits per heavy atom. The van der Waals surface area contributed by atoms with E-state index in [0.29, 0.717) is 36.0 Å². The first-order valence-electron chi connectivity index (χ1n) is 10.3. The average molecular weight is 494 g/mol. The Kier molecular flexibility index (Phi) is 6.52. The fourth-order valence-electron chi connectivity index (χ4n) is 3.87. The number of halogens is 3. The van der Waals surface area contributed by atoms with E-state index in [0.717, 1.165) is 11.1 Å². The zero-order valence-corrected chi connectivity index (χ0v) is 19.5. The van der Waals surface area contributed by atoms with Gasteiger partial charge in [-0.2, -0.15) is 0 Å². The van der Waals surface area contributed by atoms with Crippen LogP contribution in [0.25, 0.3) is 16.5 Å². The molecule has 174 valence electrons. The number of nitrogens with zero attached hydrogens (tertiary/aromatic N) is 2. The van der Waals surface area contributed by atoms with Crippen molar-refractivity contribution in [3.8, 4) is 5.75 Å². The number of nitrogen functional groups attached to an aromatic ring is 1. The van der Waals surface area contributed by atoms with E-state index >= 15 is 0 Å². The maximum absolute atomic E-state index is 14.0. The number of anilines is 1. The third-order valence-electron chi connectivity index (χ3n) is 5.61. The molecule has 1 aromatic carbocycles. The smallest absolute Gasteiger partial charge is 0.251 e. The molecule has 7 nitrogen and oxygen atoms in total. The molecule has 1 aliphatic heterocycles. The number of ether oxygens (including phenoxy) is 1. The zero-order valence-electron chi connectivity index (χ0n) is 17.9. The minimum absolute atomic E-state index is 0.102. The molecule has 4 rings (SSSR count). The second-order valence-electron chi connectivity index (χ2n) is 7.82. The highest BCUT2D eigenvalue weighted by atomic mass is 35.5. The Morgan fingerprint density at radius 2 is 2.12 bits per heavy atom. The first kappa shape index (κ1) is 23.4. The molecule has 0 radical (unpaired) electrons. The normalized spacial score (nSPS) is 15.9. The van der Waals surface area contributed by atoms with E-state index in [-0.39, 0.29) is 27.5 Å². The Labute approximate surface area is 199 Å². The molecule has 1 amide bonds. The fourth-order valence-corrected chi connectivity index (χ4v) is 4.55. The number of aromatic nitrogens is 1. The van der Waals surface area contributed by atoms with Gasteiger partial charge in [0.25, 0.3) is 5.91 Å². The molecule has 3 aromatic rings. The summed E-state index contributed by atoms with van der Waals surface area (Å²) < 4.78 is 25.8. The molecule has 1 aliphatic rings. The lowest BCUT2D eigenvalue weighted by Crippen LogP contribution is -2.40. The molecule has 0 fully saturated rings. The van der Waals surface area contributed by atoms with E-state index < -0.39 is 18.0 Å². The lowest BCUT2D eigenvalue weighted by molar-refractivity contribution is -0.138. The van der Waals surface area contributed by atoms with Crippen LogP contribution in [0.1, 0.15) is 37.5 Å². The number of hydrogen-bond donors (Lipinski definition) is 2. The molecule has 0 saturated carbocycles. The van der Waals surface area contributed by atoms with Crippen molar-refractivity contribution in [3.63, 3.8) is 0 Å². The summed E-state index contributed by atoms with van der Waals surface area (Å²) in [6, 6.07) is 2.59. The highest BCUT2D eigenvalue weighted by Gasteiger charge is 2.25. The van der Waals surface area contributed by atoms with Crippen LogP contribution in [0.2, 0.25) is 10.0 Å². The minimum atomic E-state index is -1.04. The zero-order chi connectivity index (χ0) is 23.9.